The molecule has 2 aliphatic heterocycles. The zero-order chi connectivity index (χ0) is 13.4. The second kappa shape index (κ2) is 4.96. The maximum Gasteiger partial charge on any atom is 0.307 e. The number of carboxylic acid groups (broad SMARTS) is 1. The summed E-state index contributed by atoms with van der Waals surface area (Å²) in [5, 5.41) is 9.11. The van der Waals surface area contributed by atoms with Crippen molar-refractivity contribution >= 4 is 5.97 Å². The molecule has 2 aliphatic rings. The molecule has 1 aromatic rings. The van der Waals surface area contributed by atoms with Crippen LogP contribution in [-0.4, -0.2) is 45.2 Å². The van der Waals surface area contributed by atoms with Gasteiger partial charge in [-0.3, -0.25) is 4.79 Å². The fourth-order valence-corrected chi connectivity index (χ4v) is 3.22. The van der Waals surface area contributed by atoms with Crippen LogP contribution in [0.2, 0.25) is 0 Å². The number of aryl methyl sites for hydroxylation is 1. The molecule has 5 heteroatoms. The summed E-state index contributed by atoms with van der Waals surface area (Å²) in [5.41, 5.74) is 1.16. The normalized spacial score (nSPS) is 27.4. The molecule has 1 aromatic heterocycles. The van der Waals surface area contributed by atoms with Gasteiger partial charge in [-0.1, -0.05) is 6.92 Å². The van der Waals surface area contributed by atoms with Crippen molar-refractivity contribution in [3.05, 3.63) is 17.7 Å². The first-order valence-corrected chi connectivity index (χ1v) is 7.18. The summed E-state index contributed by atoms with van der Waals surface area (Å²) >= 11 is 0. The number of imidazole rings is 1. The number of carbonyl (C=O) groups is 1. The summed E-state index contributed by atoms with van der Waals surface area (Å²) in [6, 6.07) is 0. The number of hydrogen-bond donors (Lipinski definition) is 1. The molecule has 3 heterocycles. The van der Waals surface area contributed by atoms with Gasteiger partial charge >= 0.3 is 5.97 Å². The highest BCUT2D eigenvalue weighted by Gasteiger charge is 2.29. The Balaban J connectivity index is 1.75. The molecule has 0 aliphatic carbocycles. The molecule has 0 saturated carbocycles. The first-order chi connectivity index (χ1) is 9.17. The van der Waals surface area contributed by atoms with Crippen LogP contribution in [0.5, 0.6) is 0 Å². The van der Waals surface area contributed by atoms with E-state index in [2.05, 4.69) is 22.6 Å². The minimum Gasteiger partial charge on any atom is -0.481 e. The number of nitrogens with zero attached hydrogens (tertiary/aromatic N) is 3. The predicted octanol–water partition coefficient (Wildman–Crippen LogP) is 1.34. The molecule has 1 N–H and O–H groups in total. The van der Waals surface area contributed by atoms with E-state index in [0.717, 1.165) is 44.1 Å². The summed E-state index contributed by atoms with van der Waals surface area (Å²) in [7, 11) is 0. The van der Waals surface area contributed by atoms with E-state index in [4.69, 9.17) is 10.1 Å². The van der Waals surface area contributed by atoms with Gasteiger partial charge in [0.15, 0.2) is 0 Å². The van der Waals surface area contributed by atoms with Crippen LogP contribution in [0.25, 0.3) is 0 Å². The first kappa shape index (κ1) is 12.7. The van der Waals surface area contributed by atoms with Gasteiger partial charge in [0.2, 0.25) is 0 Å². The van der Waals surface area contributed by atoms with E-state index in [9.17, 15) is 4.79 Å². The van der Waals surface area contributed by atoms with Crippen LogP contribution in [0.4, 0.5) is 0 Å². The minimum atomic E-state index is -0.686. The topological polar surface area (TPSA) is 58.4 Å². The first-order valence-electron chi connectivity index (χ1n) is 7.18. The molecule has 19 heavy (non-hydrogen) atoms. The van der Waals surface area contributed by atoms with Gasteiger partial charge in [0, 0.05) is 31.6 Å². The van der Waals surface area contributed by atoms with Crippen molar-refractivity contribution in [2.24, 2.45) is 5.92 Å². The van der Waals surface area contributed by atoms with E-state index in [1.165, 1.54) is 6.42 Å². The van der Waals surface area contributed by atoms with Crippen molar-refractivity contribution in [3.63, 3.8) is 0 Å². The van der Waals surface area contributed by atoms with Crippen molar-refractivity contribution in [3.8, 4) is 0 Å². The Morgan fingerprint density at radius 3 is 3.00 bits per heavy atom. The molecule has 2 atom stereocenters. The molecule has 0 aromatic carbocycles. The lowest BCUT2D eigenvalue weighted by molar-refractivity contribution is -0.142. The molecule has 0 radical (unpaired) electrons. The summed E-state index contributed by atoms with van der Waals surface area (Å²) in [6.45, 7) is 6.34. The average molecular weight is 263 g/mol. The highest BCUT2D eigenvalue weighted by molar-refractivity contribution is 5.70. The van der Waals surface area contributed by atoms with Gasteiger partial charge in [0.25, 0.3) is 0 Å². The maximum atomic E-state index is 11.1. The Morgan fingerprint density at radius 1 is 1.47 bits per heavy atom. The van der Waals surface area contributed by atoms with Gasteiger partial charge in [0.1, 0.15) is 5.82 Å². The highest BCUT2D eigenvalue weighted by atomic mass is 16.4. The fraction of sp³-hybridized carbons (Fsp3) is 0.714. The Morgan fingerprint density at radius 2 is 2.32 bits per heavy atom. The van der Waals surface area contributed by atoms with Crippen molar-refractivity contribution in [2.45, 2.75) is 38.6 Å². The van der Waals surface area contributed by atoms with E-state index in [0.29, 0.717) is 12.3 Å². The SMILES string of the molecule is CCN1CCC(c2cn3c(n2)CC(C(=O)O)CC3)C1. The Hall–Kier alpha value is -1.36. The highest BCUT2D eigenvalue weighted by Crippen LogP contribution is 2.29. The standard InChI is InChI=1S/C14H21N3O2/c1-2-16-5-3-11(8-16)12-9-17-6-4-10(14(18)19)7-13(17)15-12/h9-11H,2-8H2,1H3,(H,18,19). The van der Waals surface area contributed by atoms with Crippen LogP contribution >= 0.6 is 0 Å². The van der Waals surface area contributed by atoms with Crippen molar-refractivity contribution in [2.75, 3.05) is 19.6 Å². The predicted molar refractivity (Wildman–Crippen MR) is 71.1 cm³/mol. The zero-order valence-electron chi connectivity index (χ0n) is 11.4. The number of carboxylic acids is 1. The monoisotopic (exact) mass is 263 g/mol. The second-order valence-corrected chi connectivity index (χ2v) is 5.68. The summed E-state index contributed by atoms with van der Waals surface area (Å²) in [6.07, 6.45) is 4.63. The average Bonchev–Trinajstić information content (AvgIpc) is 3.03. The van der Waals surface area contributed by atoms with Gasteiger partial charge in [-0.15, -0.1) is 0 Å². The van der Waals surface area contributed by atoms with Crippen LogP contribution in [0.3, 0.4) is 0 Å². The smallest absolute Gasteiger partial charge is 0.307 e. The number of fused-ring (bicyclic) bond motifs is 1. The van der Waals surface area contributed by atoms with Crippen molar-refractivity contribution in [1.29, 1.82) is 0 Å². The molecule has 5 nitrogen and oxygen atoms in total. The van der Waals surface area contributed by atoms with E-state index in [-0.39, 0.29) is 5.92 Å². The third-order valence-electron chi connectivity index (χ3n) is 4.51. The van der Waals surface area contributed by atoms with Gasteiger partial charge < -0.3 is 14.6 Å². The van der Waals surface area contributed by atoms with Gasteiger partial charge in [-0.05, 0) is 25.9 Å². The van der Waals surface area contributed by atoms with E-state index in [1.54, 1.807) is 0 Å². The third-order valence-corrected chi connectivity index (χ3v) is 4.51. The zero-order valence-corrected chi connectivity index (χ0v) is 11.4. The summed E-state index contributed by atoms with van der Waals surface area (Å²) in [4.78, 5) is 18.2. The number of hydrogen-bond acceptors (Lipinski definition) is 3. The molecule has 0 amide bonds. The third kappa shape index (κ3) is 2.39. The molecule has 2 unspecified atom stereocenters. The second-order valence-electron chi connectivity index (χ2n) is 5.68. The molecule has 1 fully saturated rings. The van der Waals surface area contributed by atoms with Crippen LogP contribution in [-0.2, 0) is 17.8 Å². The number of aliphatic carboxylic acids is 1. The number of likely N-dealkylation sites (N-methyl/N-ethyl adjacent to an activating group) is 1. The summed E-state index contributed by atoms with van der Waals surface area (Å²) in [5.74, 6) is 0.553. The van der Waals surface area contributed by atoms with E-state index in [1.807, 2.05) is 0 Å². The summed E-state index contributed by atoms with van der Waals surface area (Å²) < 4.78 is 2.16. The molecule has 0 bridgehead atoms. The Bertz CT molecular complexity index is 483. The van der Waals surface area contributed by atoms with Crippen LogP contribution < -0.4 is 0 Å². The van der Waals surface area contributed by atoms with E-state index < -0.39 is 5.97 Å². The van der Waals surface area contributed by atoms with Crippen molar-refractivity contribution in [1.82, 2.24) is 14.5 Å². The number of aromatic nitrogens is 2. The molecule has 0 spiro atoms. The van der Waals surface area contributed by atoms with Crippen LogP contribution in [0.15, 0.2) is 6.20 Å². The van der Waals surface area contributed by atoms with E-state index >= 15 is 0 Å². The van der Waals surface area contributed by atoms with Gasteiger partial charge in [-0.25, -0.2) is 4.98 Å². The maximum absolute atomic E-state index is 11.1. The largest absolute Gasteiger partial charge is 0.481 e. The Labute approximate surface area is 113 Å². The molecule has 1 saturated heterocycles. The quantitative estimate of drug-likeness (QED) is 0.894. The molecular weight excluding hydrogens is 242 g/mol. The fourth-order valence-electron chi connectivity index (χ4n) is 3.22. The molecular formula is C14H21N3O2. The number of rotatable bonds is 3. The van der Waals surface area contributed by atoms with Crippen LogP contribution in [0, 0.1) is 5.92 Å². The molecule has 3 rings (SSSR count). The lowest BCUT2D eigenvalue weighted by Gasteiger charge is -2.19. The van der Waals surface area contributed by atoms with Crippen LogP contribution in [0.1, 0.15) is 37.2 Å². The number of likely N-dealkylation sites (tertiary alicyclic amines) is 1. The molecule has 104 valence electrons. The van der Waals surface area contributed by atoms with Crippen molar-refractivity contribution < 1.29 is 9.90 Å². The van der Waals surface area contributed by atoms with Gasteiger partial charge in [-0.2, -0.15) is 0 Å². The lowest BCUT2D eigenvalue weighted by Crippen LogP contribution is -2.25. The lowest BCUT2D eigenvalue weighted by atomic mass is 9.98. The minimum absolute atomic E-state index is 0.251. The van der Waals surface area contributed by atoms with Gasteiger partial charge in [0.05, 0.1) is 11.6 Å². The Kier molecular flexibility index (Phi) is 3.31.